The Balaban J connectivity index is 1.63. The monoisotopic (exact) mass is 402 g/mol. The van der Waals surface area contributed by atoms with Crippen LogP contribution in [0.3, 0.4) is 0 Å². The van der Waals surface area contributed by atoms with Gasteiger partial charge >= 0.3 is 7.12 Å². The van der Waals surface area contributed by atoms with Crippen molar-refractivity contribution in [2.45, 2.75) is 76.0 Å². The van der Waals surface area contributed by atoms with E-state index < -0.39 is 0 Å². The zero-order valence-corrected chi connectivity index (χ0v) is 18.9. The van der Waals surface area contributed by atoms with Crippen molar-refractivity contribution < 1.29 is 14.0 Å². The van der Waals surface area contributed by atoms with Gasteiger partial charge in [-0.1, -0.05) is 67.6 Å². The molecule has 2 aliphatic heterocycles. The van der Waals surface area contributed by atoms with Crippen molar-refractivity contribution in [3.8, 4) is 16.9 Å². The molecule has 0 spiro atoms. The van der Waals surface area contributed by atoms with E-state index in [4.69, 9.17) is 14.0 Å². The molecule has 0 N–H and O–H groups in total. The Labute approximate surface area is 180 Å². The summed E-state index contributed by atoms with van der Waals surface area (Å²) in [5.74, 6) is 1.14. The van der Waals surface area contributed by atoms with Crippen LogP contribution in [0, 0.1) is 0 Å². The highest BCUT2D eigenvalue weighted by atomic mass is 16.7. The van der Waals surface area contributed by atoms with Crippen LogP contribution in [0.2, 0.25) is 5.31 Å². The van der Waals surface area contributed by atoms with E-state index in [1.165, 1.54) is 11.1 Å². The molecular formula is C26H31BO3. The minimum Gasteiger partial charge on any atom is -0.486 e. The third-order valence-corrected chi connectivity index (χ3v) is 7.77. The second kappa shape index (κ2) is 6.24. The maximum absolute atomic E-state index is 6.78. The number of para-hydroxylation sites is 1. The van der Waals surface area contributed by atoms with Crippen LogP contribution in [0.5, 0.6) is 5.75 Å². The lowest BCUT2D eigenvalue weighted by molar-refractivity contribution is 0.00578. The van der Waals surface area contributed by atoms with Crippen LogP contribution in [-0.2, 0) is 9.31 Å². The van der Waals surface area contributed by atoms with Crippen molar-refractivity contribution in [3.05, 3.63) is 66.2 Å². The average molecular weight is 402 g/mol. The largest absolute Gasteiger partial charge is 0.486 e. The van der Waals surface area contributed by atoms with Gasteiger partial charge in [0.15, 0.2) is 0 Å². The molecule has 3 atom stereocenters. The van der Waals surface area contributed by atoms with Crippen LogP contribution in [0.15, 0.2) is 60.7 Å². The van der Waals surface area contributed by atoms with Gasteiger partial charge in [0.05, 0.1) is 11.2 Å². The molecule has 5 rings (SSSR count). The Morgan fingerprint density at radius 1 is 0.833 bits per heavy atom. The first kappa shape index (κ1) is 19.9. The first-order valence-corrected chi connectivity index (χ1v) is 11.0. The van der Waals surface area contributed by atoms with E-state index in [1.807, 2.05) is 6.07 Å². The van der Waals surface area contributed by atoms with Crippen molar-refractivity contribution in [2.75, 3.05) is 0 Å². The van der Waals surface area contributed by atoms with Gasteiger partial charge in [-0.25, -0.2) is 0 Å². The van der Waals surface area contributed by atoms with Gasteiger partial charge in [-0.2, -0.15) is 0 Å². The van der Waals surface area contributed by atoms with Gasteiger partial charge in [-0.15, -0.1) is 0 Å². The molecule has 1 aliphatic carbocycles. The molecule has 2 aromatic rings. The third-order valence-electron chi connectivity index (χ3n) is 7.77. The first-order chi connectivity index (χ1) is 14.1. The minimum atomic E-state index is -0.365. The van der Waals surface area contributed by atoms with Crippen LogP contribution in [0.1, 0.15) is 59.4 Å². The van der Waals surface area contributed by atoms with E-state index in [2.05, 4.69) is 96.2 Å². The number of hydrogen-bond acceptors (Lipinski definition) is 3. The maximum atomic E-state index is 6.78. The van der Waals surface area contributed by atoms with E-state index in [1.54, 1.807) is 0 Å². The summed E-state index contributed by atoms with van der Waals surface area (Å²) >= 11 is 0. The number of fused-ring (bicyclic) bond motifs is 3. The van der Waals surface area contributed by atoms with Gasteiger partial charge in [0.1, 0.15) is 11.4 Å². The molecule has 0 aromatic heterocycles. The molecule has 0 saturated carbocycles. The van der Waals surface area contributed by atoms with Gasteiger partial charge in [0, 0.05) is 28.8 Å². The van der Waals surface area contributed by atoms with Crippen LogP contribution in [-0.4, -0.2) is 23.9 Å². The maximum Gasteiger partial charge on any atom is 0.469 e. The van der Waals surface area contributed by atoms with Crippen LogP contribution >= 0.6 is 0 Å². The fourth-order valence-corrected chi connectivity index (χ4v) is 5.47. The zero-order valence-electron chi connectivity index (χ0n) is 18.9. The second-order valence-electron chi connectivity index (χ2n) is 10.5. The highest BCUT2D eigenvalue weighted by molar-refractivity contribution is 6.51. The summed E-state index contributed by atoms with van der Waals surface area (Å²) in [5.41, 5.74) is 2.52. The van der Waals surface area contributed by atoms with Gasteiger partial charge in [-0.3, -0.25) is 0 Å². The van der Waals surface area contributed by atoms with Crippen molar-refractivity contribution >= 4 is 7.12 Å². The lowest BCUT2D eigenvalue weighted by atomic mass is 9.46. The molecule has 156 valence electrons. The molecule has 2 heterocycles. The van der Waals surface area contributed by atoms with Gasteiger partial charge < -0.3 is 14.0 Å². The molecule has 1 saturated heterocycles. The summed E-state index contributed by atoms with van der Waals surface area (Å²) in [6.07, 6.45) is 5.42. The molecule has 4 heteroatoms. The quantitative estimate of drug-likeness (QED) is 0.430. The Kier molecular flexibility index (Phi) is 4.14. The summed E-state index contributed by atoms with van der Waals surface area (Å²) in [6.45, 7) is 13.0. The Morgan fingerprint density at radius 3 is 2.17 bits per heavy atom. The average Bonchev–Trinajstić information content (AvgIpc) is 3.12. The Morgan fingerprint density at radius 2 is 1.50 bits per heavy atom. The fraction of sp³-hybridized carbons (Fsp3) is 0.462. The number of hydrogen-bond donors (Lipinski definition) is 0. The van der Waals surface area contributed by atoms with Crippen molar-refractivity contribution in [3.63, 3.8) is 0 Å². The van der Waals surface area contributed by atoms with Gasteiger partial charge in [0.2, 0.25) is 0 Å². The molecule has 3 aliphatic rings. The van der Waals surface area contributed by atoms with E-state index in [-0.39, 0.29) is 35.2 Å². The van der Waals surface area contributed by atoms with Gasteiger partial charge in [-0.05, 0) is 40.2 Å². The smallest absolute Gasteiger partial charge is 0.469 e. The second-order valence-corrected chi connectivity index (χ2v) is 10.5. The number of benzene rings is 2. The summed E-state index contributed by atoms with van der Waals surface area (Å²) in [4.78, 5) is 0. The topological polar surface area (TPSA) is 27.7 Å². The van der Waals surface area contributed by atoms with Crippen molar-refractivity contribution in [1.29, 1.82) is 0 Å². The fourth-order valence-electron chi connectivity index (χ4n) is 5.47. The highest BCUT2D eigenvalue weighted by Gasteiger charge is 2.65. The summed E-state index contributed by atoms with van der Waals surface area (Å²) in [6, 6.07) is 17.0. The van der Waals surface area contributed by atoms with E-state index in [0.717, 1.165) is 17.7 Å². The molecular weight excluding hydrogens is 371 g/mol. The Hall–Kier alpha value is -2.04. The van der Waals surface area contributed by atoms with E-state index >= 15 is 0 Å². The molecule has 3 unspecified atom stereocenters. The normalized spacial score (nSPS) is 33.1. The third kappa shape index (κ3) is 2.66. The predicted octanol–water partition coefficient (Wildman–Crippen LogP) is 6.40. The summed E-state index contributed by atoms with van der Waals surface area (Å²) in [5, 5.41) is -0.335. The minimum absolute atomic E-state index is 0.142. The lowest BCUT2D eigenvalue weighted by Gasteiger charge is -2.45. The number of allylic oxidation sites excluding steroid dienone is 1. The predicted molar refractivity (Wildman–Crippen MR) is 122 cm³/mol. The summed E-state index contributed by atoms with van der Waals surface area (Å²) < 4.78 is 19.9. The Bertz CT molecular complexity index is 996. The molecule has 0 amide bonds. The molecule has 1 fully saturated rings. The molecule has 2 aromatic carbocycles. The van der Waals surface area contributed by atoms with E-state index in [9.17, 15) is 0 Å². The molecule has 3 nitrogen and oxygen atoms in total. The first-order valence-electron chi connectivity index (χ1n) is 11.0. The SMILES string of the molecule is CC12CC=CC(C)(B3OC(C)(C)C(C)(C)O3)C1c1cccc(-c3ccccc3)c1O2. The molecule has 0 radical (unpaired) electrons. The van der Waals surface area contributed by atoms with Crippen molar-refractivity contribution in [1.82, 2.24) is 0 Å². The summed E-state index contributed by atoms with van der Waals surface area (Å²) in [7, 11) is -0.335. The number of rotatable bonds is 2. The van der Waals surface area contributed by atoms with Crippen LogP contribution < -0.4 is 4.74 Å². The van der Waals surface area contributed by atoms with E-state index in [0.29, 0.717) is 0 Å². The molecule has 30 heavy (non-hydrogen) atoms. The lowest BCUT2D eigenvalue weighted by Crippen LogP contribution is -2.48. The molecule has 0 bridgehead atoms. The van der Waals surface area contributed by atoms with Gasteiger partial charge in [0.25, 0.3) is 0 Å². The van der Waals surface area contributed by atoms with Crippen LogP contribution in [0.25, 0.3) is 11.1 Å². The standard InChI is InChI=1S/C26H31BO3/c1-23(2)24(3,4)30-27(29-23)25(5)16-11-17-26(6)22(25)20-15-10-14-19(21(20)28-26)18-12-8-7-9-13-18/h7-16,22H,17H2,1-6H3. The van der Waals surface area contributed by atoms with Crippen LogP contribution in [0.4, 0.5) is 0 Å². The van der Waals surface area contributed by atoms with Crippen molar-refractivity contribution in [2.24, 2.45) is 0 Å². The zero-order chi connectivity index (χ0) is 21.4. The number of ether oxygens (including phenoxy) is 1. The highest BCUT2D eigenvalue weighted by Crippen LogP contribution is 2.65.